The number of amides is 2. The second kappa shape index (κ2) is 8.11. The molecule has 1 saturated carbocycles. The lowest BCUT2D eigenvalue weighted by atomic mass is 10.1. The molecule has 134 valence electrons. The summed E-state index contributed by atoms with van der Waals surface area (Å²) in [5.41, 5.74) is 2.20. The van der Waals surface area contributed by atoms with Gasteiger partial charge in [0.05, 0.1) is 6.54 Å². The lowest BCUT2D eigenvalue weighted by molar-refractivity contribution is 0.222. The van der Waals surface area contributed by atoms with E-state index in [9.17, 15) is 4.79 Å². The molecule has 1 aromatic heterocycles. The summed E-state index contributed by atoms with van der Waals surface area (Å²) in [5.74, 6) is 0. The summed E-state index contributed by atoms with van der Waals surface area (Å²) < 4.78 is 1.77. The van der Waals surface area contributed by atoms with E-state index in [0.717, 1.165) is 11.1 Å². The molecule has 25 heavy (non-hydrogen) atoms. The van der Waals surface area contributed by atoms with Gasteiger partial charge >= 0.3 is 6.03 Å². The third-order valence-corrected chi connectivity index (χ3v) is 4.63. The fourth-order valence-corrected chi connectivity index (χ4v) is 2.81. The molecule has 0 aliphatic heterocycles. The highest BCUT2D eigenvalue weighted by Crippen LogP contribution is 2.26. The number of aromatic nitrogens is 3. The average Bonchev–Trinajstić information content (AvgIpc) is 3.35. The predicted molar refractivity (Wildman–Crippen MR) is 96.1 cm³/mol. The number of likely N-dealkylation sites (N-methyl/N-ethyl adjacent to an activating group) is 1. The van der Waals surface area contributed by atoms with Crippen molar-refractivity contribution in [1.82, 2.24) is 30.3 Å². The molecule has 0 saturated heterocycles. The number of carbonyl (C=O) groups excluding carboxylic acids is 1. The largest absolute Gasteiger partial charge is 0.337 e. The smallest absolute Gasteiger partial charge is 0.315 e. The first kappa shape index (κ1) is 17.4. The Morgan fingerprint density at radius 1 is 1.36 bits per heavy atom. The van der Waals surface area contributed by atoms with Crippen molar-refractivity contribution in [3.8, 4) is 0 Å². The van der Waals surface area contributed by atoms with E-state index in [-0.39, 0.29) is 6.03 Å². The highest BCUT2D eigenvalue weighted by molar-refractivity contribution is 5.73. The lowest BCUT2D eigenvalue weighted by Crippen LogP contribution is -2.44. The summed E-state index contributed by atoms with van der Waals surface area (Å²) in [6.07, 6.45) is 5.77. The molecule has 0 unspecified atom stereocenters. The molecule has 0 radical (unpaired) electrons. The number of hydrogen-bond donors (Lipinski definition) is 2. The summed E-state index contributed by atoms with van der Waals surface area (Å²) in [7, 11) is 2.13. The standard InChI is InChI=1S/C18H26N6O/c1-14(23(2)17-6-7-17)9-20-18(25)21-10-15-4-3-5-16(8-15)11-24-13-19-12-22-24/h3-5,8,12-14,17H,6-7,9-11H2,1-2H3,(H2,20,21,25)/t14-/m0/s1. The summed E-state index contributed by atoms with van der Waals surface area (Å²) in [4.78, 5) is 18.3. The quantitative estimate of drug-likeness (QED) is 0.764. The normalized spacial score (nSPS) is 15.2. The second-order valence-corrected chi connectivity index (χ2v) is 6.72. The van der Waals surface area contributed by atoms with E-state index in [1.54, 1.807) is 11.0 Å². The van der Waals surface area contributed by atoms with Crippen molar-refractivity contribution in [2.75, 3.05) is 13.6 Å². The van der Waals surface area contributed by atoms with Gasteiger partial charge in [-0.3, -0.25) is 4.90 Å². The van der Waals surface area contributed by atoms with Crippen LogP contribution in [-0.2, 0) is 13.1 Å². The van der Waals surface area contributed by atoms with Crippen LogP contribution in [0, 0.1) is 0 Å². The van der Waals surface area contributed by atoms with Crippen LogP contribution < -0.4 is 10.6 Å². The van der Waals surface area contributed by atoms with Crippen LogP contribution in [0.5, 0.6) is 0 Å². The maximum atomic E-state index is 12.0. The van der Waals surface area contributed by atoms with E-state index in [1.165, 1.54) is 19.2 Å². The van der Waals surface area contributed by atoms with Crippen LogP contribution in [-0.4, -0.2) is 51.4 Å². The van der Waals surface area contributed by atoms with Crippen LogP contribution in [0.4, 0.5) is 4.79 Å². The number of nitrogens with one attached hydrogen (secondary N) is 2. The number of nitrogens with zero attached hydrogens (tertiary/aromatic N) is 4. The van der Waals surface area contributed by atoms with Crippen LogP contribution in [0.3, 0.4) is 0 Å². The second-order valence-electron chi connectivity index (χ2n) is 6.72. The van der Waals surface area contributed by atoms with Gasteiger partial charge in [0.2, 0.25) is 0 Å². The molecular weight excluding hydrogens is 316 g/mol. The van der Waals surface area contributed by atoms with Gasteiger partial charge in [0.15, 0.2) is 0 Å². The average molecular weight is 342 g/mol. The molecule has 1 aromatic carbocycles. The van der Waals surface area contributed by atoms with Gasteiger partial charge < -0.3 is 10.6 Å². The molecule has 0 bridgehead atoms. The van der Waals surface area contributed by atoms with Crippen molar-refractivity contribution < 1.29 is 4.79 Å². The Balaban J connectivity index is 1.42. The third-order valence-electron chi connectivity index (χ3n) is 4.63. The Kier molecular flexibility index (Phi) is 5.65. The minimum atomic E-state index is -0.127. The Bertz CT molecular complexity index is 683. The number of benzene rings is 1. The van der Waals surface area contributed by atoms with Gasteiger partial charge in [-0.15, -0.1) is 0 Å². The van der Waals surface area contributed by atoms with Crippen molar-refractivity contribution in [3.05, 3.63) is 48.0 Å². The molecule has 7 heteroatoms. The first-order chi connectivity index (χ1) is 12.1. The van der Waals surface area contributed by atoms with Crippen LogP contribution in [0.2, 0.25) is 0 Å². The monoisotopic (exact) mass is 342 g/mol. The molecule has 1 aliphatic rings. The molecule has 3 rings (SSSR count). The molecule has 2 aromatic rings. The van der Waals surface area contributed by atoms with Gasteiger partial charge in [0, 0.05) is 25.2 Å². The topological polar surface area (TPSA) is 75.1 Å². The van der Waals surface area contributed by atoms with E-state index in [2.05, 4.69) is 45.7 Å². The van der Waals surface area contributed by atoms with Crippen molar-refractivity contribution in [3.63, 3.8) is 0 Å². The van der Waals surface area contributed by atoms with Gasteiger partial charge in [0.1, 0.15) is 12.7 Å². The van der Waals surface area contributed by atoms with Gasteiger partial charge in [-0.1, -0.05) is 24.3 Å². The summed E-state index contributed by atoms with van der Waals surface area (Å²) in [6, 6.07) is 9.05. The zero-order valence-corrected chi connectivity index (χ0v) is 14.9. The number of hydrogen-bond acceptors (Lipinski definition) is 4. The third kappa shape index (κ3) is 5.29. The molecule has 1 aliphatic carbocycles. The molecule has 1 fully saturated rings. The van der Waals surface area contributed by atoms with Gasteiger partial charge in [-0.05, 0) is 37.9 Å². The van der Waals surface area contributed by atoms with Crippen molar-refractivity contribution in [1.29, 1.82) is 0 Å². The van der Waals surface area contributed by atoms with E-state index < -0.39 is 0 Å². The van der Waals surface area contributed by atoms with E-state index >= 15 is 0 Å². The maximum absolute atomic E-state index is 12.0. The Labute approximate surface area is 148 Å². The van der Waals surface area contributed by atoms with Crippen LogP contribution >= 0.6 is 0 Å². The first-order valence-corrected chi connectivity index (χ1v) is 8.75. The Hall–Kier alpha value is -2.41. The molecule has 2 amide bonds. The van der Waals surface area contributed by atoms with Crippen molar-refractivity contribution in [2.24, 2.45) is 0 Å². The molecule has 1 heterocycles. The van der Waals surface area contributed by atoms with E-state index in [1.807, 2.05) is 18.2 Å². The first-order valence-electron chi connectivity index (χ1n) is 8.75. The summed E-state index contributed by atoms with van der Waals surface area (Å²) in [6.45, 7) is 3.98. The molecule has 7 nitrogen and oxygen atoms in total. The number of carbonyl (C=O) groups is 1. The fraction of sp³-hybridized carbons (Fsp3) is 0.500. The van der Waals surface area contributed by atoms with Crippen molar-refractivity contribution >= 4 is 6.03 Å². The van der Waals surface area contributed by atoms with E-state index in [0.29, 0.717) is 31.7 Å². The van der Waals surface area contributed by atoms with Crippen molar-refractivity contribution in [2.45, 2.75) is 44.9 Å². The van der Waals surface area contributed by atoms with Gasteiger partial charge in [-0.25, -0.2) is 14.5 Å². The van der Waals surface area contributed by atoms with E-state index in [4.69, 9.17) is 0 Å². The Morgan fingerprint density at radius 3 is 2.88 bits per heavy atom. The molecule has 1 atom stereocenters. The lowest BCUT2D eigenvalue weighted by Gasteiger charge is -2.24. The highest BCUT2D eigenvalue weighted by atomic mass is 16.2. The minimum absolute atomic E-state index is 0.127. The zero-order valence-electron chi connectivity index (χ0n) is 14.9. The number of urea groups is 1. The van der Waals surface area contributed by atoms with Gasteiger partial charge in [-0.2, -0.15) is 5.10 Å². The molecule has 2 N–H and O–H groups in total. The minimum Gasteiger partial charge on any atom is -0.337 e. The predicted octanol–water partition coefficient (Wildman–Crippen LogP) is 1.61. The Morgan fingerprint density at radius 2 is 2.16 bits per heavy atom. The maximum Gasteiger partial charge on any atom is 0.315 e. The van der Waals surface area contributed by atoms with Crippen LogP contribution in [0.1, 0.15) is 30.9 Å². The van der Waals surface area contributed by atoms with Crippen LogP contribution in [0.15, 0.2) is 36.9 Å². The van der Waals surface area contributed by atoms with Gasteiger partial charge in [0.25, 0.3) is 0 Å². The SMILES string of the molecule is C[C@@H](CNC(=O)NCc1cccc(Cn2cncn2)c1)N(C)C1CC1. The highest BCUT2D eigenvalue weighted by Gasteiger charge is 2.29. The molecule has 0 spiro atoms. The summed E-state index contributed by atoms with van der Waals surface area (Å²) >= 11 is 0. The molecular formula is C18H26N6O. The summed E-state index contributed by atoms with van der Waals surface area (Å²) in [5, 5.41) is 9.98. The van der Waals surface area contributed by atoms with Crippen LogP contribution in [0.25, 0.3) is 0 Å². The fourth-order valence-electron chi connectivity index (χ4n) is 2.81. The zero-order chi connectivity index (χ0) is 17.6. The number of rotatable bonds is 8.